The van der Waals surface area contributed by atoms with Crippen LogP contribution in [0, 0.1) is 16.0 Å². The maximum Gasteiger partial charge on any atom is 0.415 e. The summed E-state index contributed by atoms with van der Waals surface area (Å²) in [6, 6.07) is 14.6. The molecule has 0 unspecified atom stereocenters. The molecule has 0 aliphatic carbocycles. The van der Waals surface area contributed by atoms with Crippen molar-refractivity contribution in [2.24, 2.45) is 5.92 Å². The molecule has 1 fully saturated rings. The summed E-state index contributed by atoms with van der Waals surface area (Å²) in [5.74, 6) is 2.90. The number of aromatic nitrogens is 2. The second-order valence-electron chi connectivity index (χ2n) is 11.7. The molecule has 0 bridgehead atoms. The van der Waals surface area contributed by atoms with E-state index in [9.17, 15) is 10.1 Å². The Balaban J connectivity index is 0.951. The van der Waals surface area contributed by atoms with Crippen LogP contribution in [0.4, 0.5) is 11.5 Å². The Morgan fingerprint density at radius 1 is 1.05 bits per heavy atom. The molecule has 39 heavy (non-hydrogen) atoms. The quantitative estimate of drug-likeness (QED) is 0.293. The third-order valence-electron chi connectivity index (χ3n) is 7.64. The summed E-state index contributed by atoms with van der Waals surface area (Å²) in [5, 5.41) is 10.9. The van der Waals surface area contributed by atoms with E-state index in [0.29, 0.717) is 19.1 Å². The van der Waals surface area contributed by atoms with Gasteiger partial charge < -0.3 is 34.0 Å². The minimum atomic E-state index is -0.635. The van der Waals surface area contributed by atoms with Gasteiger partial charge in [0.05, 0.1) is 13.2 Å². The van der Waals surface area contributed by atoms with Crippen molar-refractivity contribution in [3.8, 4) is 23.3 Å². The van der Waals surface area contributed by atoms with E-state index >= 15 is 0 Å². The highest BCUT2D eigenvalue weighted by molar-refractivity contribution is 5.49. The molecule has 4 heterocycles. The van der Waals surface area contributed by atoms with Gasteiger partial charge >= 0.3 is 11.8 Å². The average molecular weight is 535 g/mol. The lowest BCUT2D eigenvalue weighted by molar-refractivity contribution is -0.389. The van der Waals surface area contributed by atoms with Crippen LogP contribution in [0.5, 0.6) is 23.3 Å². The van der Waals surface area contributed by atoms with Gasteiger partial charge in [0.1, 0.15) is 35.7 Å². The SMILES string of the molecule is CC1(C)Cc2ccc(OCC3CCN(c4ccc(OC[C@@]5(C)Cn6cc([N+](=O)[O-])nc6O5)cc4)CC3)cc2O1. The molecular formula is C29H34N4O6. The molecule has 0 amide bonds. The predicted molar refractivity (Wildman–Crippen MR) is 145 cm³/mol. The summed E-state index contributed by atoms with van der Waals surface area (Å²) in [7, 11) is 0. The molecule has 0 saturated carbocycles. The number of fused-ring (bicyclic) bond motifs is 2. The average Bonchev–Trinajstić information content (AvgIpc) is 3.54. The summed E-state index contributed by atoms with van der Waals surface area (Å²) in [4.78, 5) is 16.7. The number of hydrogen-bond acceptors (Lipinski definition) is 8. The van der Waals surface area contributed by atoms with Gasteiger partial charge in [0, 0.05) is 36.2 Å². The zero-order chi connectivity index (χ0) is 27.2. The topological polar surface area (TPSA) is 101 Å². The fraction of sp³-hybridized carbons (Fsp3) is 0.483. The van der Waals surface area contributed by atoms with Crippen molar-refractivity contribution in [2.75, 3.05) is 31.2 Å². The Morgan fingerprint density at radius 2 is 1.79 bits per heavy atom. The highest BCUT2D eigenvalue weighted by atomic mass is 16.6. The lowest BCUT2D eigenvalue weighted by Gasteiger charge is -2.33. The lowest BCUT2D eigenvalue weighted by Crippen LogP contribution is -2.38. The first kappa shape index (κ1) is 25.3. The van der Waals surface area contributed by atoms with Crippen LogP contribution >= 0.6 is 0 Å². The van der Waals surface area contributed by atoms with E-state index in [1.165, 1.54) is 17.4 Å². The molecule has 206 valence electrons. The van der Waals surface area contributed by atoms with Crippen molar-refractivity contribution in [3.05, 3.63) is 64.3 Å². The first-order chi connectivity index (χ1) is 18.6. The third kappa shape index (κ3) is 5.46. The summed E-state index contributed by atoms with van der Waals surface area (Å²) < 4.78 is 25.7. The van der Waals surface area contributed by atoms with E-state index in [-0.39, 0.29) is 17.4 Å². The molecule has 1 saturated heterocycles. The van der Waals surface area contributed by atoms with Gasteiger partial charge in [-0.1, -0.05) is 6.07 Å². The summed E-state index contributed by atoms with van der Waals surface area (Å²) in [6.45, 7) is 9.58. The molecule has 10 heteroatoms. The molecule has 1 aromatic heterocycles. The smallest absolute Gasteiger partial charge is 0.415 e. The number of imidazole rings is 1. The number of nitrogens with zero attached hydrogens (tertiary/aromatic N) is 4. The number of hydrogen-bond donors (Lipinski definition) is 0. The maximum atomic E-state index is 10.9. The molecule has 3 aliphatic rings. The molecule has 3 aliphatic heterocycles. The fourth-order valence-electron chi connectivity index (χ4n) is 5.58. The molecule has 0 N–H and O–H groups in total. The van der Waals surface area contributed by atoms with E-state index in [1.807, 2.05) is 25.1 Å². The minimum Gasteiger partial charge on any atom is -0.493 e. The second kappa shape index (κ2) is 9.66. The maximum absolute atomic E-state index is 10.9. The summed E-state index contributed by atoms with van der Waals surface area (Å²) in [5.41, 5.74) is 1.65. The molecular weight excluding hydrogens is 500 g/mol. The van der Waals surface area contributed by atoms with Crippen molar-refractivity contribution < 1.29 is 23.9 Å². The van der Waals surface area contributed by atoms with Crippen molar-refractivity contribution in [3.63, 3.8) is 0 Å². The van der Waals surface area contributed by atoms with Gasteiger partial charge in [-0.15, -0.1) is 0 Å². The van der Waals surface area contributed by atoms with Crippen LogP contribution in [0.3, 0.4) is 0 Å². The Labute approximate surface area is 227 Å². The zero-order valence-electron chi connectivity index (χ0n) is 22.6. The van der Waals surface area contributed by atoms with Gasteiger partial charge in [-0.25, -0.2) is 0 Å². The minimum absolute atomic E-state index is 0.140. The monoisotopic (exact) mass is 534 g/mol. The number of piperidine rings is 1. The number of anilines is 1. The van der Waals surface area contributed by atoms with Crippen LogP contribution in [0.15, 0.2) is 48.7 Å². The number of ether oxygens (including phenoxy) is 4. The van der Waals surface area contributed by atoms with Gasteiger partial charge in [-0.2, -0.15) is 0 Å². The standard InChI is InChI=1S/C29H34N4O6/c1-28(2)15-21-4-7-24(14-25(21)38-28)36-17-20-10-12-31(13-11-20)22-5-8-23(9-6-22)37-19-29(3)18-32-16-26(33(34)35)30-27(32)39-29/h4-9,14,16,20H,10-13,15,17-19H2,1-3H3/t29-/m1/s1. The van der Waals surface area contributed by atoms with Gasteiger partial charge in [0.15, 0.2) is 5.60 Å². The van der Waals surface area contributed by atoms with Crippen LogP contribution in [-0.4, -0.2) is 52.0 Å². The van der Waals surface area contributed by atoms with E-state index in [0.717, 1.165) is 56.2 Å². The molecule has 0 radical (unpaired) electrons. The molecule has 6 rings (SSSR count). The van der Waals surface area contributed by atoms with Gasteiger partial charge in [-0.3, -0.25) is 4.57 Å². The number of benzene rings is 2. The highest BCUT2D eigenvalue weighted by Gasteiger charge is 2.41. The van der Waals surface area contributed by atoms with Crippen LogP contribution in [0.1, 0.15) is 39.2 Å². The molecule has 0 spiro atoms. The van der Waals surface area contributed by atoms with Gasteiger partial charge in [-0.05, 0) is 80.3 Å². The molecule has 10 nitrogen and oxygen atoms in total. The lowest BCUT2D eigenvalue weighted by atomic mass is 9.97. The molecule has 2 aromatic carbocycles. The van der Waals surface area contributed by atoms with Crippen LogP contribution in [0.25, 0.3) is 0 Å². The van der Waals surface area contributed by atoms with Crippen LogP contribution in [0.2, 0.25) is 0 Å². The predicted octanol–water partition coefficient (Wildman–Crippen LogP) is 5.03. The van der Waals surface area contributed by atoms with E-state index < -0.39 is 10.5 Å². The van der Waals surface area contributed by atoms with E-state index in [2.05, 4.69) is 48.0 Å². The van der Waals surface area contributed by atoms with Crippen molar-refractivity contribution in [1.82, 2.24) is 9.55 Å². The first-order valence-corrected chi connectivity index (χ1v) is 13.5. The van der Waals surface area contributed by atoms with Crippen molar-refractivity contribution in [2.45, 2.75) is 57.8 Å². The first-order valence-electron chi connectivity index (χ1n) is 13.5. The molecule has 1 atom stereocenters. The van der Waals surface area contributed by atoms with Crippen molar-refractivity contribution in [1.29, 1.82) is 0 Å². The van der Waals surface area contributed by atoms with Crippen molar-refractivity contribution >= 4 is 11.5 Å². The Morgan fingerprint density at radius 3 is 2.51 bits per heavy atom. The fourth-order valence-corrected chi connectivity index (χ4v) is 5.58. The molecule has 3 aromatic rings. The zero-order valence-corrected chi connectivity index (χ0v) is 22.6. The van der Waals surface area contributed by atoms with Gasteiger partial charge in [0.2, 0.25) is 0 Å². The van der Waals surface area contributed by atoms with Gasteiger partial charge in [0.25, 0.3) is 0 Å². The Bertz CT molecular complexity index is 1340. The van der Waals surface area contributed by atoms with Crippen LogP contribution in [-0.2, 0) is 13.0 Å². The highest BCUT2D eigenvalue weighted by Crippen LogP contribution is 2.37. The third-order valence-corrected chi connectivity index (χ3v) is 7.64. The number of rotatable bonds is 8. The van der Waals surface area contributed by atoms with E-state index in [1.54, 1.807) is 4.57 Å². The van der Waals surface area contributed by atoms with E-state index in [4.69, 9.17) is 18.9 Å². The largest absolute Gasteiger partial charge is 0.493 e. The normalized spacial score (nSPS) is 21.6. The summed E-state index contributed by atoms with van der Waals surface area (Å²) >= 11 is 0. The number of nitro groups is 1. The van der Waals surface area contributed by atoms with Crippen LogP contribution < -0.4 is 23.8 Å². The summed E-state index contributed by atoms with van der Waals surface area (Å²) in [6.07, 6.45) is 4.49. The second-order valence-corrected chi connectivity index (χ2v) is 11.7. The Kier molecular flexibility index (Phi) is 6.28. The Hall–Kier alpha value is -3.95.